The van der Waals surface area contributed by atoms with Gasteiger partial charge >= 0.3 is 0 Å². The lowest BCUT2D eigenvalue weighted by atomic mass is 10.2. The predicted molar refractivity (Wildman–Crippen MR) is 83.4 cm³/mol. The van der Waals surface area contributed by atoms with Crippen molar-refractivity contribution in [3.05, 3.63) is 41.0 Å². The molecule has 1 aromatic carbocycles. The molecule has 1 N–H and O–H groups in total. The maximum absolute atomic E-state index is 9.23. The number of nitriles is 1. The first-order valence-corrected chi connectivity index (χ1v) is 7.40. The van der Waals surface area contributed by atoms with Gasteiger partial charge in [-0.3, -0.25) is 0 Å². The average Bonchev–Trinajstić information content (AvgIpc) is 2.87. The van der Waals surface area contributed by atoms with Crippen molar-refractivity contribution in [3.8, 4) is 6.07 Å². The van der Waals surface area contributed by atoms with Gasteiger partial charge in [0.2, 0.25) is 0 Å². The topological polar surface area (TPSA) is 48.3 Å². The summed E-state index contributed by atoms with van der Waals surface area (Å²) in [5, 5.41) is 12.3. The van der Waals surface area contributed by atoms with Gasteiger partial charge in [0.05, 0.1) is 17.4 Å². The summed E-state index contributed by atoms with van der Waals surface area (Å²) in [7, 11) is 0. The molecule has 1 heterocycles. The van der Waals surface area contributed by atoms with Gasteiger partial charge in [0.25, 0.3) is 0 Å². The van der Waals surface area contributed by atoms with Crippen LogP contribution in [0.15, 0.2) is 35.5 Å². The molecule has 0 spiro atoms. The van der Waals surface area contributed by atoms with Crippen LogP contribution >= 0.6 is 15.9 Å². The van der Waals surface area contributed by atoms with E-state index in [1.807, 2.05) is 25.1 Å². The number of anilines is 1. The molecule has 1 aliphatic heterocycles. The lowest BCUT2D eigenvalue weighted by molar-refractivity contribution is -0.000653. The van der Waals surface area contributed by atoms with Crippen LogP contribution in [0.4, 0.5) is 5.69 Å². The van der Waals surface area contributed by atoms with Crippen LogP contribution in [0.3, 0.4) is 0 Å². The van der Waals surface area contributed by atoms with Gasteiger partial charge in [-0.1, -0.05) is 22.5 Å². The fraction of sp³-hybridized carbons (Fsp3) is 0.400. The van der Waals surface area contributed by atoms with Crippen molar-refractivity contribution < 1.29 is 4.74 Å². The molecule has 1 saturated heterocycles. The van der Waals surface area contributed by atoms with Crippen molar-refractivity contribution in [1.82, 2.24) is 5.32 Å². The second kappa shape index (κ2) is 6.78. The van der Waals surface area contributed by atoms with Crippen LogP contribution in [0.2, 0.25) is 0 Å². The van der Waals surface area contributed by atoms with E-state index in [-0.39, 0.29) is 12.3 Å². The zero-order valence-electron chi connectivity index (χ0n) is 11.5. The van der Waals surface area contributed by atoms with E-state index < -0.39 is 0 Å². The Hall–Kier alpha value is -1.51. The number of hydrogen-bond acceptors (Lipinski definition) is 4. The molecular formula is C15H18BrN3O. The van der Waals surface area contributed by atoms with E-state index in [2.05, 4.69) is 38.8 Å². The van der Waals surface area contributed by atoms with E-state index in [1.165, 1.54) is 0 Å². The summed E-state index contributed by atoms with van der Waals surface area (Å²) < 4.78 is 6.81. The highest BCUT2D eigenvalue weighted by molar-refractivity contribution is 9.10. The fourth-order valence-corrected chi connectivity index (χ4v) is 2.79. The highest BCUT2D eigenvalue weighted by atomic mass is 79.9. The summed E-state index contributed by atoms with van der Waals surface area (Å²) in [4.78, 5) is 2.20. The van der Waals surface area contributed by atoms with Gasteiger partial charge < -0.3 is 15.0 Å². The van der Waals surface area contributed by atoms with Crippen molar-refractivity contribution in [3.63, 3.8) is 0 Å². The Balaban J connectivity index is 2.03. The Labute approximate surface area is 128 Å². The van der Waals surface area contributed by atoms with Crippen molar-refractivity contribution in [2.75, 3.05) is 18.0 Å². The van der Waals surface area contributed by atoms with Gasteiger partial charge in [0, 0.05) is 17.6 Å². The molecule has 4 nitrogen and oxygen atoms in total. The summed E-state index contributed by atoms with van der Waals surface area (Å²) in [6, 6.07) is 8.05. The Morgan fingerprint density at radius 1 is 1.65 bits per heavy atom. The molecule has 0 aliphatic carbocycles. The minimum Gasteiger partial charge on any atom is -0.368 e. The smallest absolute Gasteiger partial charge is 0.124 e. The van der Waals surface area contributed by atoms with E-state index >= 15 is 0 Å². The molecule has 2 atom stereocenters. The summed E-state index contributed by atoms with van der Waals surface area (Å²) in [5.74, 6) is 0. The third kappa shape index (κ3) is 3.53. The van der Waals surface area contributed by atoms with E-state index in [1.54, 1.807) is 6.20 Å². The first-order valence-electron chi connectivity index (χ1n) is 6.61. The van der Waals surface area contributed by atoms with E-state index in [9.17, 15) is 5.26 Å². The van der Waals surface area contributed by atoms with Crippen LogP contribution in [0.1, 0.15) is 18.9 Å². The van der Waals surface area contributed by atoms with E-state index in [0.29, 0.717) is 5.56 Å². The molecule has 106 valence electrons. The number of hydrogen-bond donors (Lipinski definition) is 1. The lowest BCUT2D eigenvalue weighted by Crippen LogP contribution is -2.31. The number of benzene rings is 1. The van der Waals surface area contributed by atoms with Crippen LogP contribution < -0.4 is 10.2 Å². The first kappa shape index (κ1) is 14.9. The number of ether oxygens (including phenoxy) is 1. The predicted octanol–water partition coefficient (Wildman–Crippen LogP) is 3.00. The van der Waals surface area contributed by atoms with Gasteiger partial charge in [0.15, 0.2) is 0 Å². The standard InChI is InChI=1S/C15H18BrN3O/c1-3-18-11(2)20-14-6-7-19(10-14)15-5-4-13(16)8-12(15)9-17/h3-5,8,11,14,18H,1,6-7,10H2,2H3/t11?,14-/m0/s1. The quantitative estimate of drug-likeness (QED) is 0.840. The molecule has 0 saturated carbocycles. The number of halogens is 1. The lowest BCUT2D eigenvalue weighted by Gasteiger charge is -2.22. The van der Waals surface area contributed by atoms with Crippen LogP contribution in [-0.2, 0) is 4.74 Å². The third-order valence-corrected chi connectivity index (χ3v) is 3.81. The highest BCUT2D eigenvalue weighted by Gasteiger charge is 2.26. The summed E-state index contributed by atoms with van der Waals surface area (Å²) in [6.45, 7) is 7.30. The largest absolute Gasteiger partial charge is 0.368 e. The zero-order valence-corrected chi connectivity index (χ0v) is 13.1. The molecule has 0 bridgehead atoms. The van der Waals surface area contributed by atoms with Gasteiger partial charge in [-0.25, -0.2) is 0 Å². The molecule has 0 radical (unpaired) electrons. The highest BCUT2D eigenvalue weighted by Crippen LogP contribution is 2.28. The molecule has 1 aliphatic rings. The number of rotatable bonds is 5. The molecule has 1 fully saturated rings. The molecule has 1 aromatic rings. The first-order chi connectivity index (χ1) is 9.63. The normalized spacial score (nSPS) is 19.4. The van der Waals surface area contributed by atoms with Crippen molar-refractivity contribution in [1.29, 1.82) is 5.26 Å². The van der Waals surface area contributed by atoms with Crippen LogP contribution in [-0.4, -0.2) is 25.4 Å². The SMILES string of the molecule is C=CNC(C)O[C@H]1CCN(c2ccc(Br)cc2C#N)C1. The fourth-order valence-electron chi connectivity index (χ4n) is 2.43. The maximum atomic E-state index is 9.23. The zero-order chi connectivity index (χ0) is 14.5. The van der Waals surface area contributed by atoms with Gasteiger partial charge in [-0.15, -0.1) is 0 Å². The van der Waals surface area contributed by atoms with Crippen LogP contribution in [0, 0.1) is 11.3 Å². The van der Waals surface area contributed by atoms with Crippen LogP contribution in [0.25, 0.3) is 0 Å². The average molecular weight is 336 g/mol. The third-order valence-electron chi connectivity index (χ3n) is 3.31. The maximum Gasteiger partial charge on any atom is 0.124 e. The second-order valence-electron chi connectivity index (χ2n) is 4.78. The van der Waals surface area contributed by atoms with Crippen molar-refractivity contribution in [2.45, 2.75) is 25.7 Å². The summed E-state index contributed by atoms with van der Waals surface area (Å²) in [5.41, 5.74) is 1.67. The number of nitrogens with one attached hydrogen (secondary N) is 1. The van der Waals surface area contributed by atoms with Crippen molar-refractivity contribution in [2.24, 2.45) is 0 Å². The minimum absolute atomic E-state index is 0.0437. The number of nitrogens with zero attached hydrogens (tertiary/aromatic N) is 2. The molecule has 0 aromatic heterocycles. The molecule has 0 amide bonds. The molecule has 1 unspecified atom stereocenters. The monoisotopic (exact) mass is 335 g/mol. The van der Waals surface area contributed by atoms with Crippen LogP contribution in [0.5, 0.6) is 0 Å². The molecule has 5 heteroatoms. The van der Waals surface area contributed by atoms with E-state index in [0.717, 1.165) is 29.7 Å². The van der Waals surface area contributed by atoms with Gasteiger partial charge in [-0.05, 0) is 37.7 Å². The Kier molecular flexibility index (Phi) is 5.05. The molecule has 20 heavy (non-hydrogen) atoms. The molecule has 2 rings (SSSR count). The second-order valence-corrected chi connectivity index (χ2v) is 5.69. The Morgan fingerprint density at radius 3 is 3.15 bits per heavy atom. The van der Waals surface area contributed by atoms with Gasteiger partial charge in [0.1, 0.15) is 12.3 Å². The summed E-state index contributed by atoms with van der Waals surface area (Å²) >= 11 is 3.40. The van der Waals surface area contributed by atoms with E-state index in [4.69, 9.17) is 4.74 Å². The van der Waals surface area contributed by atoms with Crippen molar-refractivity contribution >= 4 is 21.6 Å². The Morgan fingerprint density at radius 2 is 2.45 bits per heavy atom. The minimum atomic E-state index is -0.0437. The molecular weight excluding hydrogens is 318 g/mol. The summed E-state index contributed by atoms with van der Waals surface area (Å²) in [6.07, 6.45) is 2.73. The Bertz CT molecular complexity index is 526. The van der Waals surface area contributed by atoms with Gasteiger partial charge in [-0.2, -0.15) is 5.26 Å².